The van der Waals surface area contributed by atoms with Crippen molar-refractivity contribution in [1.29, 1.82) is 0 Å². The van der Waals surface area contributed by atoms with Crippen molar-refractivity contribution in [1.82, 2.24) is 0 Å². The maximum Gasteiger partial charge on any atom is 0.306 e. The van der Waals surface area contributed by atoms with Crippen LogP contribution in [0, 0.1) is 0 Å². The average Bonchev–Trinajstić information content (AvgIpc) is 3.35. The largest absolute Gasteiger partial charge is 0.462 e. The predicted octanol–water partition coefficient (Wildman–Crippen LogP) is 19.5. The zero-order valence-electron chi connectivity index (χ0n) is 45.3. The smallest absolute Gasteiger partial charge is 0.306 e. The van der Waals surface area contributed by atoms with Crippen LogP contribution in [-0.4, -0.2) is 37.2 Å². The highest BCUT2D eigenvalue weighted by molar-refractivity contribution is 5.71. The molecule has 0 radical (unpaired) electrons. The van der Waals surface area contributed by atoms with Crippen LogP contribution in [0.5, 0.6) is 0 Å². The van der Waals surface area contributed by atoms with Crippen LogP contribution in [0.1, 0.15) is 278 Å². The highest BCUT2D eigenvalue weighted by Crippen LogP contribution is 2.15. The molecule has 0 bridgehead atoms. The SMILES string of the molecule is CC/C=C\C/C=C\C/C=C\C/C=C\C/C=C\C/C=C\CCCCCCCCCCC(=O)OCC(COC(=O)CCCCCCCCCCCC)OC(=O)CCCCCCC/C=C\CCCCCCC. The van der Waals surface area contributed by atoms with Crippen molar-refractivity contribution in [2.75, 3.05) is 13.2 Å². The van der Waals surface area contributed by atoms with E-state index in [9.17, 15) is 14.4 Å². The third kappa shape index (κ3) is 55.4. The Morgan fingerprint density at radius 2 is 0.565 bits per heavy atom. The molecule has 0 aromatic rings. The Kier molecular flexibility index (Phi) is 54.3. The van der Waals surface area contributed by atoms with Crippen molar-refractivity contribution in [3.8, 4) is 0 Å². The molecular formula is C63H108O6. The Morgan fingerprint density at radius 3 is 0.899 bits per heavy atom. The molecule has 1 unspecified atom stereocenters. The maximum atomic E-state index is 12.8. The second-order valence-corrected chi connectivity index (χ2v) is 19.2. The fourth-order valence-corrected chi connectivity index (χ4v) is 8.03. The fourth-order valence-electron chi connectivity index (χ4n) is 8.03. The van der Waals surface area contributed by atoms with E-state index in [4.69, 9.17) is 14.2 Å². The first-order chi connectivity index (χ1) is 34.0. The van der Waals surface area contributed by atoms with Crippen LogP contribution in [0.15, 0.2) is 85.1 Å². The third-order valence-electron chi connectivity index (χ3n) is 12.4. The first-order valence-corrected chi connectivity index (χ1v) is 29.1. The van der Waals surface area contributed by atoms with Crippen molar-refractivity contribution in [3.63, 3.8) is 0 Å². The summed E-state index contributed by atoms with van der Waals surface area (Å²) in [5, 5.41) is 0. The molecule has 0 spiro atoms. The van der Waals surface area contributed by atoms with E-state index in [1.165, 1.54) is 122 Å². The van der Waals surface area contributed by atoms with Gasteiger partial charge in [-0.3, -0.25) is 14.4 Å². The van der Waals surface area contributed by atoms with Crippen molar-refractivity contribution < 1.29 is 28.6 Å². The molecule has 1 atom stereocenters. The summed E-state index contributed by atoms with van der Waals surface area (Å²) in [6.45, 7) is 6.50. The van der Waals surface area contributed by atoms with Crippen molar-refractivity contribution in [3.05, 3.63) is 85.1 Å². The van der Waals surface area contributed by atoms with Gasteiger partial charge < -0.3 is 14.2 Å². The molecule has 0 aromatic carbocycles. The number of esters is 3. The zero-order valence-corrected chi connectivity index (χ0v) is 45.3. The van der Waals surface area contributed by atoms with E-state index in [0.717, 1.165) is 116 Å². The van der Waals surface area contributed by atoms with Gasteiger partial charge in [0.15, 0.2) is 6.10 Å². The molecule has 0 N–H and O–H groups in total. The number of rotatable bonds is 52. The van der Waals surface area contributed by atoms with Gasteiger partial charge in [-0.15, -0.1) is 0 Å². The van der Waals surface area contributed by atoms with E-state index >= 15 is 0 Å². The number of carbonyl (C=O) groups excluding carboxylic acids is 3. The highest BCUT2D eigenvalue weighted by atomic mass is 16.6. The first kappa shape index (κ1) is 65.6. The molecule has 0 aliphatic heterocycles. The topological polar surface area (TPSA) is 78.9 Å². The maximum absolute atomic E-state index is 12.8. The minimum absolute atomic E-state index is 0.0801. The lowest BCUT2D eigenvalue weighted by Gasteiger charge is -2.18. The van der Waals surface area contributed by atoms with Gasteiger partial charge in [0.2, 0.25) is 0 Å². The zero-order chi connectivity index (χ0) is 50.0. The minimum Gasteiger partial charge on any atom is -0.462 e. The summed E-state index contributed by atoms with van der Waals surface area (Å²) < 4.78 is 16.8. The molecule has 69 heavy (non-hydrogen) atoms. The molecule has 0 heterocycles. The Morgan fingerprint density at radius 1 is 0.304 bits per heavy atom. The van der Waals surface area contributed by atoms with Gasteiger partial charge in [0, 0.05) is 19.3 Å². The molecule has 0 aliphatic carbocycles. The number of unbranched alkanes of at least 4 members (excludes halogenated alkanes) is 27. The monoisotopic (exact) mass is 961 g/mol. The molecule has 6 heteroatoms. The van der Waals surface area contributed by atoms with Gasteiger partial charge in [-0.2, -0.15) is 0 Å². The summed E-state index contributed by atoms with van der Waals surface area (Å²) in [5.74, 6) is -0.894. The van der Waals surface area contributed by atoms with E-state index in [0.29, 0.717) is 19.3 Å². The normalized spacial score (nSPS) is 12.7. The van der Waals surface area contributed by atoms with Crippen molar-refractivity contribution >= 4 is 17.9 Å². The van der Waals surface area contributed by atoms with Gasteiger partial charge in [0.25, 0.3) is 0 Å². The van der Waals surface area contributed by atoms with Gasteiger partial charge in [-0.05, 0) is 96.3 Å². The molecule has 0 fully saturated rings. The number of hydrogen-bond acceptors (Lipinski definition) is 6. The summed E-state index contributed by atoms with van der Waals surface area (Å²) in [6, 6.07) is 0. The summed E-state index contributed by atoms with van der Waals surface area (Å²) in [7, 11) is 0. The number of carbonyl (C=O) groups is 3. The molecule has 6 nitrogen and oxygen atoms in total. The lowest BCUT2D eigenvalue weighted by atomic mass is 10.1. The third-order valence-corrected chi connectivity index (χ3v) is 12.4. The van der Waals surface area contributed by atoms with Crippen LogP contribution in [0.4, 0.5) is 0 Å². The Balaban J connectivity index is 4.26. The number of hydrogen-bond donors (Lipinski definition) is 0. The Labute approximate surface area is 426 Å². The molecule has 0 saturated carbocycles. The van der Waals surface area contributed by atoms with Crippen LogP contribution < -0.4 is 0 Å². The van der Waals surface area contributed by atoms with E-state index < -0.39 is 6.10 Å². The van der Waals surface area contributed by atoms with E-state index in [1.807, 2.05) is 0 Å². The van der Waals surface area contributed by atoms with Gasteiger partial charge in [-0.1, -0.05) is 247 Å². The average molecular weight is 962 g/mol. The van der Waals surface area contributed by atoms with Gasteiger partial charge in [0.05, 0.1) is 0 Å². The lowest BCUT2D eigenvalue weighted by molar-refractivity contribution is -0.167. The van der Waals surface area contributed by atoms with Crippen molar-refractivity contribution in [2.24, 2.45) is 0 Å². The Bertz CT molecular complexity index is 1330. The van der Waals surface area contributed by atoms with E-state index in [-0.39, 0.29) is 31.1 Å². The van der Waals surface area contributed by atoms with Crippen LogP contribution in [0.25, 0.3) is 0 Å². The van der Waals surface area contributed by atoms with Crippen molar-refractivity contribution in [2.45, 2.75) is 284 Å². The summed E-state index contributed by atoms with van der Waals surface area (Å²) >= 11 is 0. The summed E-state index contributed by atoms with van der Waals surface area (Å²) in [4.78, 5) is 38.0. The van der Waals surface area contributed by atoms with Crippen LogP contribution in [0.2, 0.25) is 0 Å². The second kappa shape index (κ2) is 57.2. The van der Waals surface area contributed by atoms with Crippen LogP contribution in [0.3, 0.4) is 0 Å². The summed E-state index contributed by atoms with van der Waals surface area (Å²) in [6.07, 6.45) is 74.4. The lowest BCUT2D eigenvalue weighted by Crippen LogP contribution is -2.30. The number of ether oxygens (including phenoxy) is 3. The van der Waals surface area contributed by atoms with Gasteiger partial charge in [0.1, 0.15) is 13.2 Å². The molecule has 396 valence electrons. The second-order valence-electron chi connectivity index (χ2n) is 19.2. The Hall–Kier alpha value is -3.41. The molecule has 0 amide bonds. The standard InChI is InChI=1S/C63H108O6/c1-4-7-10-13-16-19-22-24-26-27-28-29-30-31-32-33-34-35-36-37-38-40-41-44-47-50-53-56-62(65)68-59-60(58-67-61(64)55-52-49-46-43-21-18-15-12-9-6-3)69-63(66)57-54-51-48-45-42-39-25-23-20-17-14-11-8-5-2/h7,10,16,19,23-26,28-29,31-32,34-35,60H,4-6,8-9,11-15,17-18,20-22,27,30,33,36-59H2,1-3H3/b10-7-,19-16-,25-23-,26-24-,29-28-,32-31-,35-34-. The molecular weight excluding hydrogens is 853 g/mol. The van der Waals surface area contributed by atoms with Gasteiger partial charge in [-0.25, -0.2) is 0 Å². The van der Waals surface area contributed by atoms with Crippen LogP contribution >= 0.6 is 0 Å². The molecule has 0 aliphatic rings. The molecule has 0 saturated heterocycles. The van der Waals surface area contributed by atoms with Crippen LogP contribution in [-0.2, 0) is 28.6 Å². The highest BCUT2D eigenvalue weighted by Gasteiger charge is 2.19. The fraction of sp³-hybridized carbons (Fsp3) is 0.730. The first-order valence-electron chi connectivity index (χ1n) is 29.1. The van der Waals surface area contributed by atoms with Gasteiger partial charge >= 0.3 is 17.9 Å². The minimum atomic E-state index is -0.782. The molecule has 0 aromatic heterocycles. The predicted molar refractivity (Wildman–Crippen MR) is 297 cm³/mol. The quantitative estimate of drug-likeness (QED) is 0.0262. The summed E-state index contributed by atoms with van der Waals surface area (Å²) in [5.41, 5.74) is 0. The van der Waals surface area contributed by atoms with E-state index in [1.54, 1.807) is 0 Å². The molecule has 0 rings (SSSR count). The van der Waals surface area contributed by atoms with E-state index in [2.05, 4.69) is 106 Å². The number of allylic oxidation sites excluding steroid dienone is 14.